The maximum Gasteiger partial charge on any atom is 0.254 e. The van der Waals surface area contributed by atoms with Gasteiger partial charge in [0.05, 0.1) is 4.90 Å². The standard InChI is InChI=1S/C18H27N3O3S/c1-15-14-19-10-13-21(15)18(22)16-6-8-17(9-7-16)25(23,24)20-11-4-2-3-5-12-20/h6-9,15,19H,2-5,10-14H2,1H3/t15-/m0/s1. The van der Waals surface area contributed by atoms with Crippen LogP contribution in [0.1, 0.15) is 43.0 Å². The van der Waals surface area contributed by atoms with Crippen molar-refractivity contribution >= 4 is 15.9 Å². The molecule has 138 valence electrons. The minimum absolute atomic E-state index is 0.0345. The second-order valence-electron chi connectivity index (χ2n) is 6.89. The smallest absolute Gasteiger partial charge is 0.254 e. The molecule has 1 N–H and O–H groups in total. The van der Waals surface area contributed by atoms with Crippen molar-refractivity contribution < 1.29 is 13.2 Å². The van der Waals surface area contributed by atoms with Gasteiger partial charge in [-0.15, -0.1) is 0 Å². The number of nitrogens with one attached hydrogen (secondary N) is 1. The van der Waals surface area contributed by atoms with Crippen LogP contribution < -0.4 is 5.32 Å². The molecule has 2 aliphatic heterocycles. The highest BCUT2D eigenvalue weighted by Crippen LogP contribution is 2.21. The van der Waals surface area contributed by atoms with Gasteiger partial charge in [0.2, 0.25) is 10.0 Å². The fourth-order valence-electron chi connectivity index (χ4n) is 3.51. The molecule has 25 heavy (non-hydrogen) atoms. The van der Waals surface area contributed by atoms with Crippen molar-refractivity contribution in [2.24, 2.45) is 0 Å². The fourth-order valence-corrected chi connectivity index (χ4v) is 5.03. The lowest BCUT2D eigenvalue weighted by atomic mass is 10.1. The van der Waals surface area contributed by atoms with E-state index in [1.165, 1.54) is 0 Å². The number of sulfonamides is 1. The molecule has 1 aromatic rings. The first kappa shape index (κ1) is 18.4. The van der Waals surface area contributed by atoms with Crippen LogP contribution in [0.5, 0.6) is 0 Å². The summed E-state index contributed by atoms with van der Waals surface area (Å²) < 4.78 is 27.2. The van der Waals surface area contributed by atoms with E-state index in [4.69, 9.17) is 0 Å². The third-order valence-corrected chi connectivity index (χ3v) is 6.98. The van der Waals surface area contributed by atoms with Gasteiger partial charge in [-0.2, -0.15) is 4.31 Å². The summed E-state index contributed by atoms with van der Waals surface area (Å²) in [6.07, 6.45) is 4.00. The van der Waals surface area contributed by atoms with Crippen molar-refractivity contribution in [1.29, 1.82) is 0 Å². The van der Waals surface area contributed by atoms with Crippen molar-refractivity contribution in [2.75, 3.05) is 32.7 Å². The summed E-state index contributed by atoms with van der Waals surface area (Å²) in [4.78, 5) is 14.8. The number of hydrogen-bond acceptors (Lipinski definition) is 4. The maximum atomic E-state index is 12.8. The quantitative estimate of drug-likeness (QED) is 0.885. The molecule has 0 aromatic heterocycles. The Morgan fingerprint density at radius 1 is 1.04 bits per heavy atom. The van der Waals surface area contributed by atoms with Crippen molar-refractivity contribution in [3.8, 4) is 0 Å². The zero-order valence-corrected chi connectivity index (χ0v) is 15.6. The predicted octanol–water partition coefficient (Wildman–Crippen LogP) is 1.69. The maximum absolute atomic E-state index is 12.8. The van der Waals surface area contributed by atoms with Gasteiger partial charge in [0, 0.05) is 44.3 Å². The number of nitrogens with zero attached hydrogens (tertiary/aromatic N) is 2. The van der Waals surface area contributed by atoms with Crippen molar-refractivity contribution in [3.05, 3.63) is 29.8 Å². The molecule has 1 amide bonds. The average Bonchev–Trinajstić information content (AvgIpc) is 2.92. The Kier molecular flexibility index (Phi) is 5.76. The number of benzene rings is 1. The predicted molar refractivity (Wildman–Crippen MR) is 97.0 cm³/mol. The van der Waals surface area contributed by atoms with E-state index in [1.54, 1.807) is 28.6 Å². The summed E-state index contributed by atoms with van der Waals surface area (Å²) in [7, 11) is -3.47. The highest BCUT2D eigenvalue weighted by molar-refractivity contribution is 7.89. The second-order valence-corrected chi connectivity index (χ2v) is 8.83. The van der Waals surface area contributed by atoms with Crippen LogP contribution in [0.15, 0.2) is 29.2 Å². The Balaban J connectivity index is 1.76. The number of piperazine rings is 1. The summed E-state index contributed by atoms with van der Waals surface area (Å²) in [5.41, 5.74) is 0.545. The minimum Gasteiger partial charge on any atom is -0.333 e. The van der Waals surface area contributed by atoms with Crippen LogP contribution in [0.25, 0.3) is 0 Å². The van der Waals surface area contributed by atoms with Crippen molar-refractivity contribution in [3.63, 3.8) is 0 Å². The van der Waals surface area contributed by atoms with Crippen molar-refractivity contribution in [1.82, 2.24) is 14.5 Å². The molecule has 2 fully saturated rings. The Hall–Kier alpha value is -1.44. The van der Waals surface area contributed by atoms with Crippen LogP contribution in [-0.4, -0.2) is 62.3 Å². The van der Waals surface area contributed by atoms with E-state index >= 15 is 0 Å². The molecule has 2 aliphatic rings. The topological polar surface area (TPSA) is 69.7 Å². The molecule has 1 atom stereocenters. The number of hydrogen-bond donors (Lipinski definition) is 1. The molecule has 0 radical (unpaired) electrons. The Morgan fingerprint density at radius 2 is 1.68 bits per heavy atom. The SMILES string of the molecule is C[C@H]1CNCCN1C(=O)c1ccc(S(=O)(=O)N2CCCCCC2)cc1. The van der Waals surface area contributed by atoms with E-state index in [-0.39, 0.29) is 16.8 Å². The number of amides is 1. The molecule has 6 nitrogen and oxygen atoms in total. The van der Waals surface area contributed by atoms with Gasteiger partial charge in [-0.1, -0.05) is 12.8 Å². The first-order chi connectivity index (χ1) is 12.0. The van der Waals surface area contributed by atoms with E-state index in [0.717, 1.165) is 38.8 Å². The normalized spacial score (nSPS) is 23.2. The molecular formula is C18H27N3O3S. The lowest BCUT2D eigenvalue weighted by Crippen LogP contribution is -2.52. The van der Waals surface area contributed by atoms with Crippen LogP contribution in [0.2, 0.25) is 0 Å². The van der Waals surface area contributed by atoms with Gasteiger partial charge in [0.15, 0.2) is 0 Å². The highest BCUT2D eigenvalue weighted by atomic mass is 32.2. The fraction of sp³-hybridized carbons (Fsp3) is 0.611. The van der Waals surface area contributed by atoms with Gasteiger partial charge in [-0.05, 0) is 44.0 Å². The summed E-state index contributed by atoms with van der Waals surface area (Å²) in [6, 6.07) is 6.56. The number of rotatable bonds is 3. The molecule has 2 saturated heterocycles. The van der Waals surface area contributed by atoms with E-state index in [9.17, 15) is 13.2 Å². The van der Waals surface area contributed by atoms with E-state index in [1.807, 2.05) is 11.8 Å². The third-order valence-electron chi connectivity index (χ3n) is 5.07. The Morgan fingerprint density at radius 3 is 2.28 bits per heavy atom. The summed E-state index contributed by atoms with van der Waals surface area (Å²) in [5, 5.41) is 3.26. The van der Waals surface area contributed by atoms with Crippen LogP contribution in [0.3, 0.4) is 0 Å². The molecular weight excluding hydrogens is 338 g/mol. The number of carbonyl (C=O) groups is 1. The van der Waals surface area contributed by atoms with E-state index in [0.29, 0.717) is 25.2 Å². The molecule has 2 heterocycles. The lowest BCUT2D eigenvalue weighted by molar-refractivity contribution is 0.0655. The van der Waals surface area contributed by atoms with Crippen LogP contribution in [0.4, 0.5) is 0 Å². The lowest BCUT2D eigenvalue weighted by Gasteiger charge is -2.34. The molecule has 3 rings (SSSR count). The third kappa shape index (κ3) is 4.04. The van der Waals surface area contributed by atoms with Gasteiger partial charge in [0.1, 0.15) is 0 Å². The van der Waals surface area contributed by atoms with Gasteiger partial charge < -0.3 is 10.2 Å². The van der Waals surface area contributed by atoms with Crippen LogP contribution in [-0.2, 0) is 10.0 Å². The van der Waals surface area contributed by atoms with E-state index in [2.05, 4.69) is 5.32 Å². The van der Waals surface area contributed by atoms with Gasteiger partial charge in [-0.25, -0.2) is 8.42 Å². The molecule has 1 aromatic carbocycles. The molecule has 0 saturated carbocycles. The van der Waals surface area contributed by atoms with Gasteiger partial charge >= 0.3 is 0 Å². The molecule has 0 unspecified atom stereocenters. The zero-order chi connectivity index (χ0) is 17.9. The molecule has 0 bridgehead atoms. The van der Waals surface area contributed by atoms with Gasteiger partial charge in [-0.3, -0.25) is 4.79 Å². The number of carbonyl (C=O) groups excluding carboxylic acids is 1. The summed E-state index contributed by atoms with van der Waals surface area (Å²) in [5.74, 6) is -0.0345. The van der Waals surface area contributed by atoms with Crippen LogP contribution >= 0.6 is 0 Å². The first-order valence-electron chi connectivity index (χ1n) is 9.12. The first-order valence-corrected chi connectivity index (χ1v) is 10.6. The largest absolute Gasteiger partial charge is 0.333 e. The van der Waals surface area contributed by atoms with E-state index < -0.39 is 10.0 Å². The highest BCUT2D eigenvalue weighted by Gasteiger charge is 2.27. The summed E-state index contributed by atoms with van der Waals surface area (Å²) >= 11 is 0. The Labute approximate surface area is 150 Å². The molecule has 7 heteroatoms. The minimum atomic E-state index is -3.47. The monoisotopic (exact) mass is 365 g/mol. The second kappa shape index (κ2) is 7.85. The van der Waals surface area contributed by atoms with Crippen molar-refractivity contribution in [2.45, 2.75) is 43.5 Å². The van der Waals surface area contributed by atoms with Gasteiger partial charge in [0.25, 0.3) is 5.91 Å². The summed E-state index contributed by atoms with van der Waals surface area (Å²) in [6.45, 7) is 5.43. The molecule has 0 aliphatic carbocycles. The molecule has 0 spiro atoms. The van der Waals surface area contributed by atoms with Crippen LogP contribution in [0, 0.1) is 0 Å². The zero-order valence-electron chi connectivity index (χ0n) is 14.8. The Bertz CT molecular complexity index is 695. The average molecular weight is 365 g/mol.